The van der Waals surface area contributed by atoms with Gasteiger partial charge in [0.15, 0.2) is 6.61 Å². The van der Waals surface area contributed by atoms with E-state index in [4.69, 9.17) is 4.74 Å². The summed E-state index contributed by atoms with van der Waals surface area (Å²) < 4.78 is 6.40. The van der Waals surface area contributed by atoms with Gasteiger partial charge >= 0.3 is 0 Å². The number of thiophene rings is 1. The molecule has 1 aromatic heterocycles. The standard InChI is InChI=1S/C14H13BrN2O2S/c1-10-7-11(4-5-13(10)15)19-9-14(18)17-16-8-12-3-2-6-20-12/h2-8H,9H2,1H3,(H,17,18). The number of carbonyl (C=O) groups excluding carboxylic acids is 1. The summed E-state index contributed by atoms with van der Waals surface area (Å²) in [6.45, 7) is 1.89. The van der Waals surface area contributed by atoms with Gasteiger partial charge in [0, 0.05) is 9.35 Å². The van der Waals surface area contributed by atoms with Crippen molar-refractivity contribution < 1.29 is 9.53 Å². The lowest BCUT2D eigenvalue weighted by Crippen LogP contribution is -2.24. The molecule has 0 unspecified atom stereocenters. The Balaban J connectivity index is 1.78. The molecule has 1 N–H and O–H groups in total. The van der Waals surface area contributed by atoms with Gasteiger partial charge in [0.05, 0.1) is 6.21 Å². The Kier molecular flexibility index (Phi) is 5.31. The third-order valence-corrected chi connectivity index (χ3v) is 4.12. The summed E-state index contributed by atoms with van der Waals surface area (Å²) in [5.74, 6) is 0.362. The number of benzene rings is 1. The Hall–Kier alpha value is -1.66. The Morgan fingerprint density at radius 1 is 1.50 bits per heavy atom. The van der Waals surface area contributed by atoms with E-state index < -0.39 is 0 Å². The molecule has 0 aliphatic rings. The Bertz CT molecular complexity index is 612. The summed E-state index contributed by atoms with van der Waals surface area (Å²) >= 11 is 4.96. The topological polar surface area (TPSA) is 50.7 Å². The summed E-state index contributed by atoms with van der Waals surface area (Å²) in [7, 11) is 0. The molecule has 0 radical (unpaired) electrons. The van der Waals surface area contributed by atoms with E-state index in [9.17, 15) is 4.79 Å². The van der Waals surface area contributed by atoms with E-state index >= 15 is 0 Å². The van der Waals surface area contributed by atoms with Crippen LogP contribution in [0.25, 0.3) is 0 Å². The number of nitrogens with zero attached hydrogens (tertiary/aromatic N) is 1. The first kappa shape index (κ1) is 14.7. The first-order chi connectivity index (χ1) is 9.65. The minimum atomic E-state index is -0.293. The molecular weight excluding hydrogens is 340 g/mol. The summed E-state index contributed by atoms with van der Waals surface area (Å²) in [5, 5.41) is 5.80. The molecule has 0 saturated heterocycles. The van der Waals surface area contributed by atoms with Crippen molar-refractivity contribution in [2.45, 2.75) is 6.92 Å². The van der Waals surface area contributed by atoms with Crippen LogP contribution in [0.5, 0.6) is 5.75 Å². The number of aryl methyl sites for hydroxylation is 1. The highest BCUT2D eigenvalue weighted by Crippen LogP contribution is 2.21. The molecule has 1 aromatic carbocycles. The number of hydrogen-bond acceptors (Lipinski definition) is 4. The lowest BCUT2D eigenvalue weighted by Gasteiger charge is -2.06. The number of nitrogens with one attached hydrogen (secondary N) is 1. The highest BCUT2D eigenvalue weighted by atomic mass is 79.9. The van der Waals surface area contributed by atoms with Crippen molar-refractivity contribution in [3.63, 3.8) is 0 Å². The number of amides is 1. The van der Waals surface area contributed by atoms with Crippen molar-refractivity contribution in [1.29, 1.82) is 0 Å². The van der Waals surface area contributed by atoms with Crippen LogP contribution in [-0.4, -0.2) is 18.7 Å². The average molecular weight is 353 g/mol. The predicted molar refractivity (Wildman–Crippen MR) is 84.4 cm³/mol. The van der Waals surface area contributed by atoms with Gasteiger partial charge in [-0.25, -0.2) is 5.43 Å². The van der Waals surface area contributed by atoms with Crippen molar-refractivity contribution in [3.05, 3.63) is 50.6 Å². The number of halogens is 1. The van der Waals surface area contributed by atoms with Crippen LogP contribution < -0.4 is 10.2 Å². The Labute approximate surface area is 129 Å². The maximum absolute atomic E-state index is 11.5. The highest BCUT2D eigenvalue weighted by molar-refractivity contribution is 9.10. The molecule has 6 heteroatoms. The van der Waals surface area contributed by atoms with Gasteiger partial charge < -0.3 is 4.74 Å². The molecule has 2 rings (SSSR count). The second kappa shape index (κ2) is 7.21. The van der Waals surface area contributed by atoms with Gasteiger partial charge in [-0.15, -0.1) is 11.3 Å². The molecule has 0 spiro atoms. The van der Waals surface area contributed by atoms with Crippen LogP contribution in [0.2, 0.25) is 0 Å². The van der Waals surface area contributed by atoms with Crippen LogP contribution in [0.15, 0.2) is 45.3 Å². The van der Waals surface area contributed by atoms with Gasteiger partial charge in [0.1, 0.15) is 5.75 Å². The summed E-state index contributed by atoms with van der Waals surface area (Å²) in [6, 6.07) is 9.40. The third-order valence-electron chi connectivity index (χ3n) is 2.42. The third kappa shape index (κ3) is 4.47. The molecule has 2 aromatic rings. The number of hydrogen-bond donors (Lipinski definition) is 1. The van der Waals surface area contributed by atoms with Crippen molar-refractivity contribution in [2.24, 2.45) is 5.10 Å². The molecule has 1 heterocycles. The van der Waals surface area contributed by atoms with Crippen LogP contribution in [0, 0.1) is 6.92 Å². The van der Waals surface area contributed by atoms with E-state index in [1.165, 1.54) is 0 Å². The zero-order chi connectivity index (χ0) is 14.4. The van der Waals surface area contributed by atoms with E-state index in [0.717, 1.165) is 14.9 Å². The van der Waals surface area contributed by atoms with Gasteiger partial charge in [-0.2, -0.15) is 5.10 Å². The van der Waals surface area contributed by atoms with Crippen LogP contribution in [-0.2, 0) is 4.79 Å². The van der Waals surface area contributed by atoms with Gasteiger partial charge in [-0.3, -0.25) is 4.79 Å². The molecule has 0 saturated carbocycles. The molecular formula is C14H13BrN2O2S. The second-order valence-electron chi connectivity index (χ2n) is 4.01. The van der Waals surface area contributed by atoms with Gasteiger partial charge in [-0.05, 0) is 42.1 Å². The molecule has 104 valence electrons. The molecule has 0 aliphatic heterocycles. The summed E-state index contributed by atoms with van der Waals surface area (Å²) in [4.78, 5) is 12.5. The van der Waals surface area contributed by atoms with Crippen molar-refractivity contribution in [1.82, 2.24) is 5.43 Å². The predicted octanol–water partition coefficient (Wildman–Crippen LogP) is 3.35. The Morgan fingerprint density at radius 3 is 3.05 bits per heavy atom. The van der Waals surface area contributed by atoms with Crippen LogP contribution >= 0.6 is 27.3 Å². The lowest BCUT2D eigenvalue weighted by molar-refractivity contribution is -0.123. The van der Waals surface area contributed by atoms with Gasteiger partial charge in [0.2, 0.25) is 0 Å². The van der Waals surface area contributed by atoms with E-state index in [1.807, 2.05) is 36.6 Å². The lowest BCUT2D eigenvalue weighted by atomic mass is 10.2. The molecule has 4 nitrogen and oxygen atoms in total. The first-order valence-electron chi connectivity index (χ1n) is 5.89. The number of rotatable bonds is 5. The summed E-state index contributed by atoms with van der Waals surface area (Å²) in [6.07, 6.45) is 1.60. The normalized spacial score (nSPS) is 10.7. The van der Waals surface area contributed by atoms with E-state index in [2.05, 4.69) is 26.5 Å². The average Bonchev–Trinajstić information content (AvgIpc) is 2.93. The van der Waals surface area contributed by atoms with Crippen LogP contribution in [0.4, 0.5) is 0 Å². The fourth-order valence-corrected chi connectivity index (χ4v) is 2.25. The van der Waals surface area contributed by atoms with Crippen LogP contribution in [0.1, 0.15) is 10.4 Å². The molecule has 20 heavy (non-hydrogen) atoms. The van der Waals surface area contributed by atoms with Crippen LogP contribution in [0.3, 0.4) is 0 Å². The SMILES string of the molecule is Cc1cc(OCC(=O)NN=Cc2cccs2)ccc1Br. The zero-order valence-electron chi connectivity index (χ0n) is 10.8. The number of carbonyl (C=O) groups is 1. The highest BCUT2D eigenvalue weighted by Gasteiger charge is 2.02. The van der Waals surface area contributed by atoms with E-state index in [0.29, 0.717) is 5.75 Å². The van der Waals surface area contributed by atoms with Crippen molar-refractivity contribution in [3.8, 4) is 5.75 Å². The smallest absolute Gasteiger partial charge is 0.277 e. The van der Waals surface area contributed by atoms with E-state index in [-0.39, 0.29) is 12.5 Å². The minimum Gasteiger partial charge on any atom is -0.484 e. The first-order valence-corrected chi connectivity index (χ1v) is 7.57. The second-order valence-corrected chi connectivity index (χ2v) is 5.84. The maximum Gasteiger partial charge on any atom is 0.277 e. The van der Waals surface area contributed by atoms with Gasteiger partial charge in [-0.1, -0.05) is 22.0 Å². The van der Waals surface area contributed by atoms with Crippen molar-refractivity contribution >= 4 is 39.4 Å². The molecule has 0 atom stereocenters. The Morgan fingerprint density at radius 2 is 2.35 bits per heavy atom. The summed E-state index contributed by atoms with van der Waals surface area (Å²) in [5.41, 5.74) is 3.47. The number of hydrazone groups is 1. The molecule has 0 fully saturated rings. The fourth-order valence-electron chi connectivity index (χ4n) is 1.42. The van der Waals surface area contributed by atoms with E-state index in [1.54, 1.807) is 23.6 Å². The minimum absolute atomic E-state index is 0.0666. The largest absolute Gasteiger partial charge is 0.484 e. The van der Waals surface area contributed by atoms with Gasteiger partial charge in [0.25, 0.3) is 5.91 Å². The van der Waals surface area contributed by atoms with Crippen molar-refractivity contribution in [2.75, 3.05) is 6.61 Å². The molecule has 0 aliphatic carbocycles. The molecule has 0 bridgehead atoms. The fraction of sp³-hybridized carbons (Fsp3) is 0.143. The maximum atomic E-state index is 11.5. The molecule has 1 amide bonds. The number of ether oxygens (including phenoxy) is 1. The monoisotopic (exact) mass is 352 g/mol. The zero-order valence-corrected chi connectivity index (χ0v) is 13.2. The quantitative estimate of drug-likeness (QED) is 0.662.